The van der Waals surface area contributed by atoms with Gasteiger partial charge in [-0.1, -0.05) is 6.92 Å². The second-order valence-electron chi connectivity index (χ2n) is 4.62. The molecule has 5 heteroatoms. The number of furan rings is 1. The maximum Gasteiger partial charge on any atom is 0.262 e. The number of anilines is 2. The van der Waals surface area contributed by atoms with Crippen LogP contribution in [-0.4, -0.2) is 12.5 Å². The molecular formula is C15H16N2O3. The maximum atomic E-state index is 11.3. The predicted molar refractivity (Wildman–Crippen MR) is 76.0 cm³/mol. The number of nitrogens with one attached hydrogen (secondary N) is 2. The van der Waals surface area contributed by atoms with Crippen LogP contribution in [0.4, 0.5) is 11.4 Å². The second-order valence-corrected chi connectivity index (χ2v) is 4.62. The van der Waals surface area contributed by atoms with E-state index in [2.05, 4.69) is 17.6 Å². The molecule has 1 aromatic heterocycles. The molecule has 5 nitrogen and oxygen atoms in total. The van der Waals surface area contributed by atoms with E-state index in [-0.39, 0.29) is 12.5 Å². The van der Waals surface area contributed by atoms with E-state index in [1.807, 2.05) is 30.3 Å². The normalized spacial score (nSPS) is 13.3. The molecule has 2 aromatic rings. The quantitative estimate of drug-likeness (QED) is 0.898. The largest absolute Gasteiger partial charge is 0.482 e. The fraction of sp³-hybridized carbons (Fsp3) is 0.267. The Kier molecular flexibility index (Phi) is 3.33. The average molecular weight is 272 g/mol. The predicted octanol–water partition coefficient (Wildman–Crippen LogP) is 2.79. The van der Waals surface area contributed by atoms with E-state index in [4.69, 9.17) is 9.15 Å². The van der Waals surface area contributed by atoms with E-state index >= 15 is 0 Å². The molecule has 2 heterocycles. The summed E-state index contributed by atoms with van der Waals surface area (Å²) in [6, 6.07) is 9.57. The number of carbonyl (C=O) groups is 1. The molecule has 0 unspecified atom stereocenters. The van der Waals surface area contributed by atoms with Crippen molar-refractivity contribution in [2.24, 2.45) is 0 Å². The van der Waals surface area contributed by atoms with Crippen LogP contribution in [0.5, 0.6) is 5.75 Å². The minimum atomic E-state index is -0.131. The van der Waals surface area contributed by atoms with E-state index in [0.717, 1.165) is 23.6 Å². The van der Waals surface area contributed by atoms with Crippen LogP contribution in [0.1, 0.15) is 18.4 Å². The number of benzene rings is 1. The van der Waals surface area contributed by atoms with Gasteiger partial charge in [0.2, 0.25) is 0 Å². The molecule has 1 aliphatic rings. The first-order chi connectivity index (χ1) is 9.74. The van der Waals surface area contributed by atoms with Crippen molar-refractivity contribution in [2.45, 2.75) is 19.9 Å². The van der Waals surface area contributed by atoms with Crippen molar-refractivity contribution in [3.63, 3.8) is 0 Å². The summed E-state index contributed by atoms with van der Waals surface area (Å²) in [5.74, 6) is 2.43. The highest BCUT2D eigenvalue weighted by atomic mass is 16.5. The molecule has 0 bridgehead atoms. The Labute approximate surface area is 116 Å². The Balaban J connectivity index is 1.68. The van der Waals surface area contributed by atoms with Crippen LogP contribution in [0, 0.1) is 0 Å². The minimum absolute atomic E-state index is 0.0754. The molecule has 1 aliphatic heterocycles. The molecule has 3 rings (SSSR count). The zero-order valence-electron chi connectivity index (χ0n) is 11.2. The topological polar surface area (TPSA) is 63.5 Å². The first-order valence-electron chi connectivity index (χ1n) is 6.63. The van der Waals surface area contributed by atoms with Crippen LogP contribution >= 0.6 is 0 Å². The Hall–Kier alpha value is -2.43. The van der Waals surface area contributed by atoms with Gasteiger partial charge in [-0.05, 0) is 30.3 Å². The van der Waals surface area contributed by atoms with Crippen LogP contribution in [0.25, 0.3) is 0 Å². The van der Waals surface area contributed by atoms with E-state index in [0.29, 0.717) is 18.0 Å². The monoisotopic (exact) mass is 272 g/mol. The Morgan fingerprint density at radius 1 is 1.25 bits per heavy atom. The van der Waals surface area contributed by atoms with Crippen molar-refractivity contribution in [2.75, 3.05) is 17.2 Å². The standard InChI is InChI=1S/C15H16N2O3/c1-2-11-4-5-12(20-11)8-16-10-3-6-14-13(7-10)17-15(18)9-19-14/h3-7,16H,2,8-9H2,1H3,(H,17,18). The molecule has 1 amide bonds. The van der Waals surface area contributed by atoms with Gasteiger partial charge < -0.3 is 19.8 Å². The lowest BCUT2D eigenvalue weighted by molar-refractivity contribution is -0.118. The van der Waals surface area contributed by atoms with Crippen LogP contribution in [0.3, 0.4) is 0 Å². The van der Waals surface area contributed by atoms with Crippen LogP contribution in [0.2, 0.25) is 0 Å². The molecule has 0 aliphatic carbocycles. The molecule has 0 saturated carbocycles. The molecule has 0 spiro atoms. The Bertz CT molecular complexity index is 634. The van der Waals surface area contributed by atoms with Crippen molar-refractivity contribution in [3.05, 3.63) is 41.9 Å². The highest BCUT2D eigenvalue weighted by Crippen LogP contribution is 2.30. The number of amides is 1. The van der Waals surface area contributed by atoms with Gasteiger partial charge >= 0.3 is 0 Å². The van der Waals surface area contributed by atoms with Crippen LogP contribution < -0.4 is 15.4 Å². The van der Waals surface area contributed by atoms with Gasteiger partial charge in [0.15, 0.2) is 6.61 Å². The molecule has 104 valence electrons. The van der Waals surface area contributed by atoms with Gasteiger partial charge in [-0.3, -0.25) is 4.79 Å². The lowest BCUT2D eigenvalue weighted by Gasteiger charge is -2.18. The second kappa shape index (κ2) is 5.28. The van der Waals surface area contributed by atoms with Crippen molar-refractivity contribution >= 4 is 17.3 Å². The zero-order chi connectivity index (χ0) is 13.9. The fourth-order valence-corrected chi connectivity index (χ4v) is 2.09. The van der Waals surface area contributed by atoms with E-state index in [1.165, 1.54) is 0 Å². The van der Waals surface area contributed by atoms with Crippen LogP contribution in [-0.2, 0) is 17.8 Å². The summed E-state index contributed by atoms with van der Waals surface area (Å²) in [7, 11) is 0. The summed E-state index contributed by atoms with van der Waals surface area (Å²) in [6.07, 6.45) is 0.891. The number of carbonyl (C=O) groups excluding carboxylic acids is 1. The summed E-state index contributed by atoms with van der Waals surface area (Å²) >= 11 is 0. The summed E-state index contributed by atoms with van der Waals surface area (Å²) in [6.45, 7) is 2.74. The number of fused-ring (bicyclic) bond motifs is 1. The number of rotatable bonds is 4. The highest BCUT2D eigenvalue weighted by Gasteiger charge is 2.15. The summed E-state index contributed by atoms with van der Waals surface area (Å²) in [4.78, 5) is 11.3. The molecule has 0 saturated heterocycles. The number of hydrogen-bond acceptors (Lipinski definition) is 4. The molecule has 2 N–H and O–H groups in total. The molecule has 1 aromatic carbocycles. The zero-order valence-corrected chi connectivity index (χ0v) is 11.2. The fourth-order valence-electron chi connectivity index (χ4n) is 2.09. The number of hydrogen-bond donors (Lipinski definition) is 2. The lowest BCUT2D eigenvalue weighted by Crippen LogP contribution is -2.25. The third kappa shape index (κ3) is 2.61. The summed E-state index contributed by atoms with van der Waals surface area (Å²) in [5, 5.41) is 6.05. The number of aryl methyl sites for hydroxylation is 1. The van der Waals surface area contributed by atoms with Gasteiger partial charge in [-0.2, -0.15) is 0 Å². The first kappa shape index (κ1) is 12.6. The van der Waals surface area contributed by atoms with E-state index in [9.17, 15) is 4.79 Å². The summed E-state index contributed by atoms with van der Waals surface area (Å²) < 4.78 is 10.9. The maximum absolute atomic E-state index is 11.3. The van der Waals surface area contributed by atoms with E-state index in [1.54, 1.807) is 0 Å². The van der Waals surface area contributed by atoms with Gasteiger partial charge in [0.05, 0.1) is 12.2 Å². The minimum Gasteiger partial charge on any atom is -0.482 e. The van der Waals surface area contributed by atoms with Gasteiger partial charge in [0, 0.05) is 12.1 Å². The van der Waals surface area contributed by atoms with Crippen molar-refractivity contribution in [1.29, 1.82) is 0 Å². The van der Waals surface area contributed by atoms with E-state index < -0.39 is 0 Å². The SMILES string of the molecule is CCc1ccc(CNc2ccc3c(c2)NC(=O)CO3)o1. The third-order valence-electron chi connectivity index (χ3n) is 3.14. The number of ether oxygens (including phenoxy) is 1. The van der Waals surface area contributed by atoms with Crippen molar-refractivity contribution in [1.82, 2.24) is 0 Å². The molecule has 0 fully saturated rings. The Morgan fingerprint density at radius 3 is 2.90 bits per heavy atom. The lowest BCUT2D eigenvalue weighted by atomic mass is 10.2. The van der Waals surface area contributed by atoms with Crippen molar-refractivity contribution in [3.8, 4) is 5.75 Å². The van der Waals surface area contributed by atoms with Crippen LogP contribution in [0.15, 0.2) is 34.7 Å². The van der Waals surface area contributed by atoms with Gasteiger partial charge in [0.25, 0.3) is 5.91 Å². The van der Waals surface area contributed by atoms with Gasteiger partial charge in [0.1, 0.15) is 17.3 Å². The smallest absolute Gasteiger partial charge is 0.262 e. The highest BCUT2D eigenvalue weighted by molar-refractivity contribution is 5.95. The first-order valence-corrected chi connectivity index (χ1v) is 6.63. The molecule has 20 heavy (non-hydrogen) atoms. The van der Waals surface area contributed by atoms with Gasteiger partial charge in [-0.15, -0.1) is 0 Å². The molecular weight excluding hydrogens is 256 g/mol. The Morgan fingerprint density at radius 2 is 2.10 bits per heavy atom. The van der Waals surface area contributed by atoms with Gasteiger partial charge in [-0.25, -0.2) is 0 Å². The third-order valence-corrected chi connectivity index (χ3v) is 3.14. The van der Waals surface area contributed by atoms with Crippen molar-refractivity contribution < 1.29 is 13.9 Å². The average Bonchev–Trinajstić information content (AvgIpc) is 2.92. The molecule has 0 atom stereocenters. The summed E-state index contributed by atoms with van der Waals surface area (Å²) in [5.41, 5.74) is 1.60. The molecule has 0 radical (unpaired) electrons.